The van der Waals surface area contributed by atoms with Gasteiger partial charge in [-0.1, -0.05) is 85.3 Å². The molecule has 0 radical (unpaired) electrons. The molecule has 0 aromatic heterocycles. The van der Waals surface area contributed by atoms with Crippen molar-refractivity contribution in [2.75, 3.05) is 5.75 Å². The molecule has 6 heteroatoms. The van der Waals surface area contributed by atoms with Crippen molar-refractivity contribution in [3.05, 3.63) is 101 Å². The van der Waals surface area contributed by atoms with Crippen LogP contribution in [0.1, 0.15) is 31.4 Å². The van der Waals surface area contributed by atoms with Crippen LogP contribution in [0.5, 0.6) is 0 Å². The summed E-state index contributed by atoms with van der Waals surface area (Å²) in [5.74, 6) is -0.0200. The van der Waals surface area contributed by atoms with Gasteiger partial charge in [-0.25, -0.2) is 0 Å². The molecule has 0 bridgehead atoms. The Labute approximate surface area is 211 Å². The average Bonchev–Trinajstić information content (AvgIpc) is 2.86. The van der Waals surface area contributed by atoms with Crippen molar-refractivity contribution in [1.29, 1.82) is 0 Å². The second-order valence-electron chi connectivity index (χ2n) is 8.24. The highest BCUT2D eigenvalue weighted by molar-refractivity contribution is 8.00. The van der Waals surface area contributed by atoms with Gasteiger partial charge in [0, 0.05) is 28.9 Å². The highest BCUT2D eigenvalue weighted by atomic mass is 35.5. The van der Waals surface area contributed by atoms with E-state index >= 15 is 0 Å². The number of carbonyl (C=O) groups is 2. The Morgan fingerprint density at radius 1 is 0.941 bits per heavy atom. The maximum Gasteiger partial charge on any atom is 0.243 e. The van der Waals surface area contributed by atoms with E-state index in [4.69, 9.17) is 11.6 Å². The number of nitrogens with zero attached hydrogens (tertiary/aromatic N) is 1. The van der Waals surface area contributed by atoms with Crippen molar-refractivity contribution in [2.45, 2.75) is 50.2 Å². The summed E-state index contributed by atoms with van der Waals surface area (Å²) in [6.07, 6.45) is 1.24. The second kappa shape index (κ2) is 13.2. The van der Waals surface area contributed by atoms with Gasteiger partial charge in [-0.2, -0.15) is 0 Å². The molecule has 0 spiro atoms. The number of thioether (sulfide) groups is 1. The lowest BCUT2D eigenvalue weighted by Gasteiger charge is -2.32. The number of amides is 2. The van der Waals surface area contributed by atoms with E-state index in [-0.39, 0.29) is 30.2 Å². The third-order valence-corrected chi connectivity index (χ3v) is 7.04. The minimum atomic E-state index is -0.656. The third kappa shape index (κ3) is 7.64. The fourth-order valence-electron chi connectivity index (χ4n) is 3.55. The molecule has 4 nitrogen and oxygen atoms in total. The number of nitrogens with one attached hydrogen (secondary N) is 1. The Kier molecular flexibility index (Phi) is 10.0. The maximum absolute atomic E-state index is 13.6. The molecule has 3 aromatic rings. The van der Waals surface area contributed by atoms with Crippen molar-refractivity contribution in [3.63, 3.8) is 0 Å². The Hall–Kier alpha value is -2.76. The molecule has 0 unspecified atom stereocenters. The quantitative estimate of drug-likeness (QED) is 0.333. The highest BCUT2D eigenvalue weighted by Gasteiger charge is 2.31. The molecular weight excluding hydrogens is 464 g/mol. The van der Waals surface area contributed by atoms with Gasteiger partial charge in [0.15, 0.2) is 0 Å². The second-order valence-corrected chi connectivity index (χ2v) is 9.69. The van der Waals surface area contributed by atoms with Crippen LogP contribution in [0.15, 0.2) is 89.8 Å². The lowest BCUT2D eigenvalue weighted by atomic mass is 10.0. The van der Waals surface area contributed by atoms with E-state index in [1.165, 1.54) is 11.8 Å². The molecule has 178 valence electrons. The zero-order chi connectivity index (χ0) is 24.3. The topological polar surface area (TPSA) is 49.4 Å². The van der Waals surface area contributed by atoms with Crippen LogP contribution in [-0.2, 0) is 22.6 Å². The summed E-state index contributed by atoms with van der Waals surface area (Å²) >= 11 is 7.92. The van der Waals surface area contributed by atoms with E-state index in [0.717, 1.165) is 22.4 Å². The molecule has 2 atom stereocenters. The Bertz CT molecular complexity index is 1060. The van der Waals surface area contributed by atoms with Crippen LogP contribution < -0.4 is 5.32 Å². The van der Waals surface area contributed by atoms with Gasteiger partial charge in [0.1, 0.15) is 6.04 Å². The van der Waals surface area contributed by atoms with Crippen molar-refractivity contribution in [3.8, 4) is 0 Å². The summed E-state index contributed by atoms with van der Waals surface area (Å²) in [5, 5.41) is 3.67. The standard InChI is InChI=1S/C28H31ClN2O2S/c1-3-21(2)30-28(33)26(18-22-12-6-4-7-13-22)31(19-23-14-10-11-17-25(23)29)27(32)20-34-24-15-8-5-9-16-24/h4-17,21,26H,3,18-20H2,1-2H3,(H,30,33)/t21-,26+/m1/s1. The fourth-order valence-corrected chi connectivity index (χ4v) is 4.55. The summed E-state index contributed by atoms with van der Waals surface area (Å²) in [6, 6.07) is 26.5. The van der Waals surface area contributed by atoms with E-state index in [0.29, 0.717) is 11.4 Å². The summed E-state index contributed by atoms with van der Waals surface area (Å²) < 4.78 is 0. The first-order valence-corrected chi connectivity index (χ1v) is 12.9. The number of rotatable bonds is 11. The zero-order valence-corrected chi connectivity index (χ0v) is 21.2. The molecular formula is C28H31ClN2O2S. The largest absolute Gasteiger partial charge is 0.352 e. The molecule has 0 aliphatic carbocycles. The van der Waals surface area contributed by atoms with Crippen molar-refractivity contribution in [2.24, 2.45) is 0 Å². The molecule has 3 rings (SSSR count). The van der Waals surface area contributed by atoms with Gasteiger partial charge in [-0.15, -0.1) is 11.8 Å². The molecule has 0 aliphatic rings. The minimum Gasteiger partial charge on any atom is -0.352 e. The summed E-state index contributed by atoms with van der Waals surface area (Å²) in [5.41, 5.74) is 1.82. The molecule has 0 saturated carbocycles. The predicted octanol–water partition coefficient (Wildman–Crippen LogP) is 5.99. The van der Waals surface area contributed by atoms with Crippen LogP contribution in [0, 0.1) is 0 Å². The normalized spacial score (nSPS) is 12.6. The van der Waals surface area contributed by atoms with Crippen molar-refractivity contribution in [1.82, 2.24) is 10.2 Å². The zero-order valence-electron chi connectivity index (χ0n) is 19.6. The first-order valence-electron chi connectivity index (χ1n) is 11.5. The molecule has 34 heavy (non-hydrogen) atoms. The minimum absolute atomic E-state index is 0.0155. The molecule has 2 amide bonds. The van der Waals surface area contributed by atoms with Gasteiger partial charge < -0.3 is 10.2 Å². The van der Waals surface area contributed by atoms with E-state index in [1.54, 1.807) is 4.90 Å². The summed E-state index contributed by atoms with van der Waals surface area (Å²) in [6.45, 7) is 4.27. The van der Waals surface area contributed by atoms with E-state index in [1.807, 2.05) is 98.8 Å². The first-order chi connectivity index (χ1) is 16.5. The van der Waals surface area contributed by atoms with Gasteiger partial charge in [-0.3, -0.25) is 9.59 Å². The lowest BCUT2D eigenvalue weighted by Crippen LogP contribution is -2.52. The average molecular weight is 495 g/mol. The monoisotopic (exact) mass is 494 g/mol. The number of hydrogen-bond donors (Lipinski definition) is 1. The smallest absolute Gasteiger partial charge is 0.243 e. The van der Waals surface area contributed by atoms with Gasteiger partial charge >= 0.3 is 0 Å². The van der Waals surface area contributed by atoms with Gasteiger partial charge in [0.05, 0.1) is 5.75 Å². The molecule has 3 aromatic carbocycles. The Balaban J connectivity index is 1.92. The van der Waals surface area contributed by atoms with E-state index < -0.39 is 6.04 Å². The number of carbonyl (C=O) groups excluding carboxylic acids is 2. The first kappa shape index (κ1) is 25.9. The lowest BCUT2D eigenvalue weighted by molar-refractivity contribution is -0.139. The third-order valence-electron chi connectivity index (χ3n) is 5.68. The van der Waals surface area contributed by atoms with Crippen LogP contribution in [0.2, 0.25) is 5.02 Å². The van der Waals surface area contributed by atoms with E-state index in [9.17, 15) is 9.59 Å². The Morgan fingerprint density at radius 2 is 1.56 bits per heavy atom. The van der Waals surface area contributed by atoms with Crippen molar-refractivity contribution < 1.29 is 9.59 Å². The highest BCUT2D eigenvalue weighted by Crippen LogP contribution is 2.23. The Morgan fingerprint density at radius 3 is 2.21 bits per heavy atom. The SMILES string of the molecule is CC[C@@H](C)NC(=O)[C@H](Cc1ccccc1)N(Cc1ccccc1Cl)C(=O)CSc1ccccc1. The number of halogens is 1. The van der Waals surface area contributed by atoms with Crippen LogP contribution in [-0.4, -0.2) is 34.6 Å². The predicted molar refractivity (Wildman–Crippen MR) is 141 cm³/mol. The summed E-state index contributed by atoms with van der Waals surface area (Å²) in [4.78, 5) is 29.8. The molecule has 0 fully saturated rings. The molecule has 0 saturated heterocycles. The maximum atomic E-state index is 13.6. The van der Waals surface area contributed by atoms with Crippen molar-refractivity contribution >= 4 is 35.2 Å². The molecule has 1 N–H and O–H groups in total. The van der Waals surface area contributed by atoms with Gasteiger partial charge in [0.25, 0.3) is 0 Å². The molecule has 0 heterocycles. The fraction of sp³-hybridized carbons (Fsp3) is 0.286. The number of hydrogen-bond acceptors (Lipinski definition) is 3. The van der Waals surface area contributed by atoms with E-state index in [2.05, 4.69) is 5.32 Å². The van der Waals surface area contributed by atoms with Gasteiger partial charge in [0.2, 0.25) is 11.8 Å². The van der Waals surface area contributed by atoms with Crippen LogP contribution in [0.4, 0.5) is 0 Å². The summed E-state index contributed by atoms with van der Waals surface area (Å²) in [7, 11) is 0. The van der Waals surface area contributed by atoms with Gasteiger partial charge in [-0.05, 0) is 42.7 Å². The number of benzene rings is 3. The van der Waals surface area contributed by atoms with Crippen LogP contribution >= 0.6 is 23.4 Å². The van der Waals surface area contributed by atoms with Crippen LogP contribution in [0.3, 0.4) is 0 Å². The van der Waals surface area contributed by atoms with Crippen LogP contribution in [0.25, 0.3) is 0 Å². The molecule has 0 aliphatic heterocycles.